The van der Waals surface area contributed by atoms with E-state index in [4.69, 9.17) is 16.3 Å². The van der Waals surface area contributed by atoms with Gasteiger partial charge in [0.05, 0.1) is 0 Å². The van der Waals surface area contributed by atoms with Gasteiger partial charge in [-0.25, -0.2) is 4.79 Å². The smallest absolute Gasteiger partial charge is 0.412 e. The van der Waals surface area contributed by atoms with E-state index in [-0.39, 0.29) is 16.3 Å². The molecule has 112 valence electrons. The highest BCUT2D eigenvalue weighted by atomic mass is 35.5. The molecule has 0 bridgehead atoms. The summed E-state index contributed by atoms with van der Waals surface area (Å²) in [6.07, 6.45) is -0.700. The predicted molar refractivity (Wildman–Crippen MR) is 75.0 cm³/mol. The molecule has 0 spiro atoms. The Morgan fingerprint density at radius 3 is 2.50 bits per heavy atom. The van der Waals surface area contributed by atoms with Crippen molar-refractivity contribution < 1.29 is 21.8 Å². The molecule has 5 nitrogen and oxygen atoms in total. The summed E-state index contributed by atoms with van der Waals surface area (Å²) in [5, 5.41) is 2.51. The summed E-state index contributed by atoms with van der Waals surface area (Å²) in [6.45, 7) is 5.11. The molecule has 1 rings (SSSR count). The number of carbonyl (C=O) groups is 1. The molecule has 0 fully saturated rings. The van der Waals surface area contributed by atoms with Crippen LogP contribution in [-0.4, -0.2) is 20.1 Å². The first-order chi connectivity index (χ1) is 8.96. The van der Waals surface area contributed by atoms with Crippen LogP contribution in [0.25, 0.3) is 0 Å². The molecule has 0 aliphatic rings. The first-order valence-corrected chi connectivity index (χ1v) is 7.60. The molecule has 0 unspecified atom stereocenters. The highest BCUT2D eigenvalue weighted by Crippen LogP contribution is 2.23. The Balaban J connectivity index is 2.88. The topological polar surface area (TPSA) is 72.5 Å². The summed E-state index contributed by atoms with van der Waals surface area (Å²) in [5.74, 6) is -0.852. The molecular weight excluding hydrogens is 309 g/mol. The second-order valence-corrected chi connectivity index (χ2v) is 6.89. The molecule has 0 saturated heterocycles. The Kier molecular flexibility index (Phi) is 4.99. The van der Waals surface area contributed by atoms with Gasteiger partial charge in [-0.1, -0.05) is 11.6 Å². The van der Waals surface area contributed by atoms with Gasteiger partial charge >= 0.3 is 16.3 Å². The fourth-order valence-corrected chi connectivity index (χ4v) is 2.24. The van der Waals surface area contributed by atoms with Crippen LogP contribution in [0.2, 0.25) is 5.02 Å². The van der Waals surface area contributed by atoms with E-state index in [2.05, 4.69) is 5.32 Å². The minimum atomic E-state index is -4.70. The molecule has 1 aromatic rings. The van der Waals surface area contributed by atoms with Gasteiger partial charge in [-0.3, -0.25) is 5.32 Å². The van der Waals surface area contributed by atoms with Gasteiger partial charge in [0.25, 0.3) is 0 Å². The second kappa shape index (κ2) is 5.97. The molecule has 0 aromatic heterocycles. The molecular formula is C12H15ClFNO4S. The van der Waals surface area contributed by atoms with Crippen molar-refractivity contribution in [2.75, 3.05) is 5.32 Å². The second-order valence-electron chi connectivity index (χ2n) is 5.12. The number of carbonyl (C=O) groups excluding carboxylic acids is 1. The fraction of sp³-hybridized carbons (Fsp3) is 0.417. The zero-order valence-electron chi connectivity index (χ0n) is 11.2. The lowest BCUT2D eigenvalue weighted by Crippen LogP contribution is -2.27. The van der Waals surface area contributed by atoms with Gasteiger partial charge in [-0.05, 0) is 44.5 Å². The van der Waals surface area contributed by atoms with Gasteiger partial charge < -0.3 is 4.74 Å². The number of nitrogens with one attached hydrogen (secondary N) is 1. The van der Waals surface area contributed by atoms with E-state index in [1.807, 2.05) is 0 Å². The van der Waals surface area contributed by atoms with Crippen LogP contribution >= 0.6 is 11.6 Å². The van der Waals surface area contributed by atoms with Crippen molar-refractivity contribution in [1.82, 2.24) is 0 Å². The Morgan fingerprint density at radius 1 is 1.40 bits per heavy atom. The van der Waals surface area contributed by atoms with E-state index in [1.54, 1.807) is 20.8 Å². The Morgan fingerprint density at radius 2 is 2.00 bits per heavy atom. The molecule has 20 heavy (non-hydrogen) atoms. The third-order valence-electron chi connectivity index (χ3n) is 2.02. The summed E-state index contributed by atoms with van der Waals surface area (Å²) in [5.41, 5.74) is -0.341. The highest BCUT2D eigenvalue weighted by Gasteiger charge is 2.17. The lowest BCUT2D eigenvalue weighted by atomic mass is 10.2. The average Bonchev–Trinajstić information content (AvgIpc) is 2.18. The van der Waals surface area contributed by atoms with Gasteiger partial charge in [-0.2, -0.15) is 8.42 Å². The van der Waals surface area contributed by atoms with E-state index >= 15 is 0 Å². The monoisotopic (exact) mass is 323 g/mol. The summed E-state index contributed by atoms with van der Waals surface area (Å²) in [6, 6.07) is 4.11. The molecule has 8 heteroatoms. The Labute approximate surface area is 122 Å². The number of hydrogen-bond donors (Lipinski definition) is 1. The molecule has 0 heterocycles. The first kappa shape index (κ1) is 16.7. The van der Waals surface area contributed by atoms with Gasteiger partial charge in [-0.15, -0.1) is 3.89 Å². The van der Waals surface area contributed by atoms with Crippen molar-refractivity contribution in [1.29, 1.82) is 0 Å². The van der Waals surface area contributed by atoms with Crippen molar-refractivity contribution in [3.05, 3.63) is 28.8 Å². The minimum absolute atomic E-state index is 0.0581. The number of benzene rings is 1. The maximum Gasteiger partial charge on any atom is 0.412 e. The molecule has 1 aromatic carbocycles. The van der Waals surface area contributed by atoms with Gasteiger partial charge in [0, 0.05) is 10.7 Å². The van der Waals surface area contributed by atoms with E-state index in [1.165, 1.54) is 18.2 Å². The number of ether oxygens (including phenoxy) is 1. The predicted octanol–water partition coefficient (Wildman–Crippen LogP) is 3.49. The van der Waals surface area contributed by atoms with Crippen molar-refractivity contribution in [3.8, 4) is 0 Å². The van der Waals surface area contributed by atoms with E-state index in [0.717, 1.165) is 0 Å². The lowest BCUT2D eigenvalue weighted by Gasteiger charge is -2.19. The average molecular weight is 324 g/mol. The number of rotatable bonds is 3. The van der Waals surface area contributed by atoms with Crippen LogP contribution in [0.3, 0.4) is 0 Å². The van der Waals surface area contributed by atoms with Crippen molar-refractivity contribution in [2.45, 2.75) is 32.1 Å². The maximum absolute atomic E-state index is 12.7. The highest BCUT2D eigenvalue weighted by molar-refractivity contribution is 7.85. The molecule has 1 amide bonds. The largest absolute Gasteiger partial charge is 0.444 e. The molecule has 0 aliphatic heterocycles. The number of hydrogen-bond acceptors (Lipinski definition) is 4. The standard InChI is InChI=1S/C12H15ClFNO4S/c1-12(2,3)19-11(16)15-9-4-5-10(13)8(6-9)7-20(14,17)18/h4-6H,7H2,1-3H3,(H,15,16). The van der Waals surface area contributed by atoms with Crippen molar-refractivity contribution in [2.24, 2.45) is 0 Å². The van der Waals surface area contributed by atoms with Crippen molar-refractivity contribution >= 4 is 33.6 Å². The molecule has 1 N–H and O–H groups in total. The number of halogens is 2. The van der Waals surface area contributed by atoms with E-state index in [9.17, 15) is 17.1 Å². The van der Waals surface area contributed by atoms with Crippen LogP contribution in [0, 0.1) is 0 Å². The number of amides is 1. The normalized spacial score (nSPS) is 12.1. The number of anilines is 1. The molecule has 0 aliphatic carbocycles. The zero-order valence-corrected chi connectivity index (χ0v) is 12.8. The lowest BCUT2D eigenvalue weighted by molar-refractivity contribution is 0.0636. The van der Waals surface area contributed by atoms with Crippen LogP contribution in [0.1, 0.15) is 26.3 Å². The third-order valence-corrected chi connectivity index (χ3v) is 3.04. The van der Waals surface area contributed by atoms with E-state index < -0.39 is 27.7 Å². The third kappa shape index (κ3) is 6.21. The Hall–Kier alpha value is -1.34. The summed E-state index contributed by atoms with van der Waals surface area (Å²) < 4.78 is 39.0. The molecule has 0 saturated carbocycles. The van der Waals surface area contributed by atoms with E-state index in [0.29, 0.717) is 0 Å². The van der Waals surface area contributed by atoms with Gasteiger partial charge in [0.1, 0.15) is 11.4 Å². The molecule has 0 atom stereocenters. The summed E-state index contributed by atoms with van der Waals surface area (Å²) in [4.78, 5) is 11.6. The SMILES string of the molecule is CC(C)(C)OC(=O)Nc1ccc(Cl)c(CS(=O)(=O)F)c1. The zero-order chi connectivity index (χ0) is 15.6. The van der Waals surface area contributed by atoms with Gasteiger partial charge in [0.2, 0.25) is 0 Å². The van der Waals surface area contributed by atoms with Crippen LogP contribution in [0.4, 0.5) is 14.4 Å². The minimum Gasteiger partial charge on any atom is -0.444 e. The van der Waals surface area contributed by atoms with Crippen LogP contribution in [-0.2, 0) is 20.7 Å². The fourth-order valence-electron chi connectivity index (χ4n) is 1.37. The van der Waals surface area contributed by atoms with Crippen molar-refractivity contribution in [3.63, 3.8) is 0 Å². The Bertz CT molecular complexity index is 610. The van der Waals surface area contributed by atoms with Crippen LogP contribution < -0.4 is 5.32 Å². The quantitative estimate of drug-likeness (QED) is 0.864. The summed E-state index contributed by atoms with van der Waals surface area (Å²) >= 11 is 5.77. The van der Waals surface area contributed by atoms with Crippen LogP contribution in [0.5, 0.6) is 0 Å². The maximum atomic E-state index is 12.7. The summed E-state index contributed by atoms with van der Waals surface area (Å²) in [7, 11) is -4.70. The molecule has 0 radical (unpaired) electrons. The van der Waals surface area contributed by atoms with Gasteiger partial charge in [0.15, 0.2) is 0 Å². The van der Waals surface area contributed by atoms with Crippen LogP contribution in [0.15, 0.2) is 18.2 Å². The first-order valence-electron chi connectivity index (χ1n) is 5.67.